The fraction of sp³-hybridized carbons (Fsp3) is 0.333. The Bertz CT molecular complexity index is 6940. The van der Waals surface area contributed by atoms with Gasteiger partial charge < -0.3 is 84.2 Å². The van der Waals surface area contributed by atoms with E-state index in [0.29, 0.717) is 120 Å². The first-order valence-corrected chi connectivity index (χ1v) is 49.7. The molecule has 18 aromatic rings. The van der Waals surface area contributed by atoms with Crippen LogP contribution in [0.25, 0.3) is 66.2 Å². The van der Waals surface area contributed by atoms with E-state index in [4.69, 9.17) is 86.7 Å². The molecule has 18 rings (SSSR count). The summed E-state index contributed by atoms with van der Waals surface area (Å²) >= 11 is 0. The van der Waals surface area contributed by atoms with Crippen molar-refractivity contribution >= 4 is 72.2 Å². The van der Waals surface area contributed by atoms with E-state index in [0.717, 1.165) is 186 Å². The van der Waals surface area contributed by atoms with Crippen LogP contribution in [0.3, 0.4) is 0 Å². The van der Waals surface area contributed by atoms with Gasteiger partial charge in [-0.05, 0) is 217 Å². The number of benzene rings is 11. The zero-order valence-corrected chi connectivity index (χ0v) is 85.3. The van der Waals surface area contributed by atoms with Crippen molar-refractivity contribution in [3.05, 3.63) is 325 Å². The topological polar surface area (TPSA) is 248 Å². The fourth-order valence-electron chi connectivity index (χ4n) is 16.2. The molecule has 0 radical (unpaired) electrons. The van der Waals surface area contributed by atoms with Gasteiger partial charge in [-0.1, -0.05) is 178 Å². The number of nitrogens with zero attached hydrogens (tertiary/aromatic N) is 13. The van der Waals surface area contributed by atoms with Gasteiger partial charge in [-0.15, -0.1) is 0 Å². The maximum Gasteiger partial charge on any atom is 0.344 e. The molecule has 0 aliphatic rings. The van der Waals surface area contributed by atoms with Crippen LogP contribution < -0.4 is 52.1 Å². The van der Waals surface area contributed by atoms with Crippen molar-refractivity contribution in [1.29, 1.82) is 0 Å². The molecule has 7 aromatic heterocycles. The molecular formula is C117H135N13O13. The van der Waals surface area contributed by atoms with E-state index < -0.39 is 0 Å². The Labute approximate surface area is 838 Å². The van der Waals surface area contributed by atoms with Gasteiger partial charge in [0.15, 0.2) is 6.61 Å². The van der Waals surface area contributed by atoms with Crippen LogP contribution in [0.1, 0.15) is 149 Å². The summed E-state index contributed by atoms with van der Waals surface area (Å²) in [7, 11) is 0. The normalized spacial score (nSPS) is 11.2. The van der Waals surface area contributed by atoms with E-state index >= 15 is 0 Å². The zero-order chi connectivity index (χ0) is 101. The number of pyridine rings is 1. The molecule has 0 fully saturated rings. The first-order valence-electron chi connectivity index (χ1n) is 49.7. The van der Waals surface area contributed by atoms with Crippen molar-refractivity contribution in [3.63, 3.8) is 0 Å². The Hall–Kier alpha value is -15.3. The monoisotopic (exact) mass is 1930 g/mol. The minimum atomic E-state index is -0.387. The molecule has 11 aromatic carbocycles. The van der Waals surface area contributed by atoms with Crippen molar-refractivity contribution in [2.75, 3.05) is 39.6 Å². The van der Waals surface area contributed by atoms with Gasteiger partial charge in [0.05, 0.1) is 112 Å². The number of imidazole rings is 6. The third-order valence-electron chi connectivity index (χ3n) is 22.8. The molecule has 0 saturated carbocycles. The van der Waals surface area contributed by atoms with E-state index in [-0.39, 0.29) is 12.6 Å². The minimum absolute atomic E-state index is 0.121. The molecule has 0 aliphatic heterocycles. The lowest BCUT2D eigenvalue weighted by Crippen LogP contribution is -2.16. The molecule has 26 heteroatoms. The van der Waals surface area contributed by atoms with Crippen molar-refractivity contribution in [1.82, 2.24) is 62.3 Å². The molecule has 0 aliphatic carbocycles. The highest BCUT2D eigenvalue weighted by Gasteiger charge is 2.23. The number of hydrogen-bond acceptors (Lipinski definition) is 20. The molecule has 0 unspecified atom stereocenters. The highest BCUT2D eigenvalue weighted by molar-refractivity contribution is 5.82. The molecule has 0 saturated heterocycles. The SMILES string of the molecule is CCOC(=O)COc1ccc2nc(COc3cccc(OCC)c3)n(CC(C)C)c2c1.CCOc1ccc2nc(COc3cccc(C)c3)n(CC(C)C)c2c1.CCOc1cncc(OCc2nc3ccccc3n2CC(C)C)c1.Cc1ccc(OCc2nc3ccc(OCCC(C)C)cc3n2CC(C)C)cc1.c1ccc(OCc2nc3ccccc3n2Cn2c(COc3ccccc3)nc3ccccc32)cc1. The van der Waals surface area contributed by atoms with E-state index in [1.54, 1.807) is 19.3 Å². The summed E-state index contributed by atoms with van der Waals surface area (Å²) in [4.78, 5) is 44.6. The standard InChI is InChI=1S/C29H24N4O2.C24H30N2O5.C24H32N2O2.C21H26N2O2.C19H23N3O2/c1-3-11-22(12-4-1)34-19-28-30-24-15-7-9-17-26(24)32(28)21-33-27-18-10-8-16-25(27)31-29(33)20-35-23-13-5-2-6-14-23;1-5-28-18-8-7-9-19(12-18)30-15-23-25-21-11-10-20(31-16-24(27)29-6-2)13-22(21)26(23)14-17(3)4;1-17(2)12-13-27-21-10-11-22-23(14-21)26(15-18(3)4)24(25-22)16-28-20-8-6-19(5)7-9-20;1-5-24-18-9-10-19-20(12-18)23(13-15(2)3)21(22-19)14-25-17-8-6-7-16(4)11-17;1-4-23-15-9-16(11-20-10-15)24-13-19-21-17-7-5-6-8-18(17)22(19)12-14(2)3/h1-18H,19-21H2;7-13,17H,5-6,14-16H2,1-4H3;6-11,14,17-18H,12-13,15-16H2,1-5H3;6-12,15H,5,13-14H2,1-4H3;5-11,14H,4,12-13H2,1-3H3. The van der Waals surface area contributed by atoms with Gasteiger partial charge in [0.2, 0.25) is 0 Å². The molecule has 0 N–H and O–H groups in total. The molecule has 26 nitrogen and oxygen atoms in total. The lowest BCUT2D eigenvalue weighted by molar-refractivity contribution is -0.145. The number of carbonyl (C=O) groups excluding carboxylic acids is 1. The largest absolute Gasteiger partial charge is 0.494 e. The number of hydrogen-bond donors (Lipinski definition) is 0. The first kappa shape index (κ1) is 104. The molecule has 0 bridgehead atoms. The molecule has 0 spiro atoms. The Morgan fingerprint density at radius 3 is 0.965 bits per heavy atom. The molecule has 7 heterocycles. The number of fused-ring (bicyclic) bond motifs is 6. The van der Waals surface area contributed by atoms with Crippen molar-refractivity contribution in [2.45, 2.75) is 190 Å². The van der Waals surface area contributed by atoms with Gasteiger partial charge in [0.25, 0.3) is 0 Å². The number of rotatable bonds is 42. The summed E-state index contributed by atoms with van der Waals surface area (Å²) in [5, 5.41) is 0. The van der Waals surface area contributed by atoms with E-state index in [2.05, 4.69) is 164 Å². The van der Waals surface area contributed by atoms with Gasteiger partial charge in [-0.25, -0.2) is 34.7 Å². The molecular weight excluding hydrogens is 1800 g/mol. The highest BCUT2D eigenvalue weighted by atomic mass is 16.6. The Morgan fingerprint density at radius 2 is 0.559 bits per heavy atom. The summed E-state index contributed by atoms with van der Waals surface area (Å²) in [6.07, 6.45) is 4.43. The lowest BCUT2D eigenvalue weighted by Gasteiger charge is -2.15. The lowest BCUT2D eigenvalue weighted by atomic mass is 10.1. The van der Waals surface area contributed by atoms with Gasteiger partial charge in [0, 0.05) is 56.5 Å². The second kappa shape index (κ2) is 51.7. The Morgan fingerprint density at radius 1 is 0.259 bits per heavy atom. The van der Waals surface area contributed by atoms with E-state index in [1.165, 1.54) is 11.1 Å². The maximum atomic E-state index is 11.6. The minimum Gasteiger partial charge on any atom is -0.494 e. The third kappa shape index (κ3) is 29.6. The van der Waals surface area contributed by atoms with Crippen LogP contribution in [0.2, 0.25) is 0 Å². The zero-order valence-electron chi connectivity index (χ0n) is 85.3. The van der Waals surface area contributed by atoms with Crippen LogP contribution in [0, 0.1) is 43.4 Å². The Kier molecular flexibility index (Phi) is 37.4. The summed E-state index contributed by atoms with van der Waals surface area (Å²) in [5.41, 5.74) is 14.5. The van der Waals surface area contributed by atoms with Gasteiger partial charge in [-0.3, -0.25) is 4.98 Å². The number of para-hydroxylation sites is 8. The third-order valence-corrected chi connectivity index (χ3v) is 22.8. The van der Waals surface area contributed by atoms with E-state index in [9.17, 15) is 4.79 Å². The molecule has 0 amide bonds. The molecule has 746 valence electrons. The average Bonchev–Trinajstić information content (AvgIpc) is 1.61. The summed E-state index contributed by atoms with van der Waals surface area (Å²) in [5.74, 6) is 16.2. The van der Waals surface area contributed by atoms with E-state index in [1.807, 2.05) is 239 Å². The fourth-order valence-corrected chi connectivity index (χ4v) is 16.2. The van der Waals surface area contributed by atoms with Crippen molar-refractivity contribution in [2.24, 2.45) is 29.6 Å². The van der Waals surface area contributed by atoms with Crippen molar-refractivity contribution < 1.29 is 61.6 Å². The summed E-state index contributed by atoms with van der Waals surface area (Å²) in [6.45, 7) is 43.0. The smallest absolute Gasteiger partial charge is 0.344 e. The van der Waals surface area contributed by atoms with Crippen molar-refractivity contribution in [3.8, 4) is 63.2 Å². The number of aryl methyl sites for hydroxylation is 2. The summed E-state index contributed by atoms with van der Waals surface area (Å²) in [6, 6.07) is 87.7. The number of ether oxygens (including phenoxy) is 12. The van der Waals surface area contributed by atoms with Crippen LogP contribution in [-0.4, -0.2) is 108 Å². The van der Waals surface area contributed by atoms with Gasteiger partial charge in [-0.2, -0.15) is 0 Å². The number of carbonyl (C=O) groups is 1. The van der Waals surface area contributed by atoms with Crippen LogP contribution in [0.5, 0.6) is 63.2 Å². The van der Waals surface area contributed by atoms with Crippen LogP contribution in [0.15, 0.2) is 279 Å². The molecule has 0 atom stereocenters. The average molecular weight is 1930 g/mol. The van der Waals surface area contributed by atoms with Crippen LogP contribution >= 0.6 is 0 Å². The number of esters is 1. The number of aromatic nitrogens is 13. The maximum absolute atomic E-state index is 11.6. The summed E-state index contributed by atoms with van der Waals surface area (Å²) < 4.78 is 82.5. The van der Waals surface area contributed by atoms with Gasteiger partial charge in [0.1, 0.15) is 145 Å². The molecule has 143 heavy (non-hydrogen) atoms. The second-order valence-corrected chi connectivity index (χ2v) is 36.8. The highest BCUT2D eigenvalue weighted by Crippen LogP contribution is 2.33. The van der Waals surface area contributed by atoms with Crippen LogP contribution in [-0.2, 0) is 82.0 Å². The quantitative estimate of drug-likeness (QED) is 0.0323. The first-order chi connectivity index (χ1) is 69.5. The van der Waals surface area contributed by atoms with Gasteiger partial charge >= 0.3 is 5.97 Å². The Balaban J connectivity index is 0.000000143. The van der Waals surface area contributed by atoms with Crippen LogP contribution in [0.4, 0.5) is 0 Å². The predicted octanol–water partition coefficient (Wildman–Crippen LogP) is 25.7. The predicted molar refractivity (Wildman–Crippen MR) is 566 cm³/mol. The second-order valence-electron chi connectivity index (χ2n) is 36.8.